The van der Waals surface area contributed by atoms with Crippen molar-refractivity contribution in [1.29, 1.82) is 5.41 Å². The summed E-state index contributed by atoms with van der Waals surface area (Å²) in [5.41, 5.74) is 0. The van der Waals surface area contributed by atoms with Gasteiger partial charge in [0, 0.05) is 4.88 Å². The van der Waals surface area contributed by atoms with Crippen molar-refractivity contribution >= 4 is 17.2 Å². The molecule has 0 amide bonds. The minimum absolute atomic E-state index is 0.246. The molecule has 0 spiro atoms. The summed E-state index contributed by atoms with van der Waals surface area (Å²) >= 11 is 0.813. The number of aliphatic hydroxyl groups excluding tert-OH is 1. The lowest BCUT2D eigenvalue weighted by atomic mass is 10.3. The number of aliphatic hydroxyl groups is 1. The highest BCUT2D eigenvalue weighted by molar-refractivity contribution is 7.10. The maximum atomic E-state index is 12.5. The number of ether oxygens (including phenoxy) is 1. The standard InChI is InChI=1S/C8H10FNO2S/c1-2-12-8(10)7(11)5-3-4-6(9)13-5/h3-4,7,10-11H,2H2,1H3. The van der Waals surface area contributed by atoms with Gasteiger partial charge in [-0.1, -0.05) is 0 Å². The quantitative estimate of drug-likeness (QED) is 0.582. The van der Waals surface area contributed by atoms with E-state index in [1.807, 2.05) is 0 Å². The average molecular weight is 203 g/mol. The predicted octanol–water partition coefficient (Wildman–Crippen LogP) is 1.93. The molecule has 0 saturated carbocycles. The Balaban J connectivity index is 2.67. The minimum Gasteiger partial charge on any atom is -0.479 e. The van der Waals surface area contributed by atoms with Gasteiger partial charge in [-0.25, -0.2) is 0 Å². The summed E-state index contributed by atoms with van der Waals surface area (Å²) in [5, 5.41) is 16.3. The Labute approximate surface area is 79.3 Å². The Bertz CT molecular complexity index is 300. The van der Waals surface area contributed by atoms with E-state index in [0.29, 0.717) is 11.5 Å². The fourth-order valence-electron chi connectivity index (χ4n) is 0.839. The monoisotopic (exact) mass is 203 g/mol. The van der Waals surface area contributed by atoms with Gasteiger partial charge < -0.3 is 9.84 Å². The molecule has 13 heavy (non-hydrogen) atoms. The molecule has 0 aliphatic heterocycles. The summed E-state index contributed by atoms with van der Waals surface area (Å²) in [6.45, 7) is 2.04. The zero-order chi connectivity index (χ0) is 9.84. The van der Waals surface area contributed by atoms with Crippen molar-refractivity contribution in [2.75, 3.05) is 6.61 Å². The summed E-state index contributed by atoms with van der Waals surface area (Å²) in [4.78, 5) is 0.385. The van der Waals surface area contributed by atoms with Crippen molar-refractivity contribution in [3.05, 3.63) is 22.1 Å². The third-order valence-electron chi connectivity index (χ3n) is 1.41. The average Bonchev–Trinajstić information content (AvgIpc) is 2.51. The highest BCUT2D eigenvalue weighted by Gasteiger charge is 2.16. The summed E-state index contributed by atoms with van der Waals surface area (Å²) in [6.07, 6.45) is -1.14. The number of thiophene rings is 1. The topological polar surface area (TPSA) is 53.3 Å². The molecule has 0 saturated heterocycles. The summed E-state index contributed by atoms with van der Waals surface area (Å²) in [7, 11) is 0. The molecule has 1 aromatic heterocycles. The molecule has 72 valence electrons. The van der Waals surface area contributed by atoms with Gasteiger partial charge in [-0.2, -0.15) is 4.39 Å². The molecule has 5 heteroatoms. The smallest absolute Gasteiger partial charge is 0.215 e. The van der Waals surface area contributed by atoms with E-state index in [1.165, 1.54) is 12.1 Å². The maximum Gasteiger partial charge on any atom is 0.215 e. The molecule has 0 radical (unpaired) electrons. The molecule has 3 nitrogen and oxygen atoms in total. The fraction of sp³-hybridized carbons (Fsp3) is 0.375. The Morgan fingerprint density at radius 3 is 2.92 bits per heavy atom. The third-order valence-corrected chi connectivity index (χ3v) is 2.34. The molecule has 1 unspecified atom stereocenters. The number of halogens is 1. The summed E-state index contributed by atoms with van der Waals surface area (Å²) < 4.78 is 17.3. The van der Waals surface area contributed by atoms with Crippen LogP contribution in [0.25, 0.3) is 0 Å². The van der Waals surface area contributed by atoms with E-state index in [1.54, 1.807) is 6.92 Å². The molecule has 0 bridgehead atoms. The van der Waals surface area contributed by atoms with Crippen LogP contribution in [0.15, 0.2) is 12.1 Å². The van der Waals surface area contributed by atoms with Crippen molar-refractivity contribution in [2.45, 2.75) is 13.0 Å². The largest absolute Gasteiger partial charge is 0.479 e. The Morgan fingerprint density at radius 1 is 1.77 bits per heavy atom. The molecule has 2 N–H and O–H groups in total. The molecular formula is C8H10FNO2S. The number of rotatable bonds is 3. The third kappa shape index (κ3) is 2.50. The van der Waals surface area contributed by atoms with Crippen LogP contribution in [0, 0.1) is 10.5 Å². The van der Waals surface area contributed by atoms with E-state index >= 15 is 0 Å². The van der Waals surface area contributed by atoms with Crippen molar-refractivity contribution in [3.63, 3.8) is 0 Å². The van der Waals surface area contributed by atoms with Crippen LogP contribution in [-0.2, 0) is 4.74 Å². The summed E-state index contributed by atoms with van der Waals surface area (Å²) in [5.74, 6) is -0.246. The minimum atomic E-state index is -1.14. The molecule has 1 atom stereocenters. The SMILES string of the molecule is CCOC(=N)C(O)c1ccc(F)s1. The van der Waals surface area contributed by atoms with Gasteiger partial charge in [-0.15, -0.1) is 11.3 Å². The van der Waals surface area contributed by atoms with Gasteiger partial charge in [0.15, 0.2) is 11.2 Å². The van der Waals surface area contributed by atoms with Crippen molar-refractivity contribution < 1.29 is 14.2 Å². The lowest BCUT2D eigenvalue weighted by molar-refractivity contribution is 0.193. The maximum absolute atomic E-state index is 12.5. The Kier molecular flexibility index (Phi) is 3.39. The van der Waals surface area contributed by atoms with Crippen LogP contribution in [0.1, 0.15) is 17.9 Å². The van der Waals surface area contributed by atoms with Crippen molar-refractivity contribution in [1.82, 2.24) is 0 Å². The van der Waals surface area contributed by atoms with Crippen LogP contribution >= 0.6 is 11.3 Å². The van der Waals surface area contributed by atoms with E-state index in [-0.39, 0.29) is 11.0 Å². The van der Waals surface area contributed by atoms with Gasteiger partial charge in [0.25, 0.3) is 0 Å². The second-order valence-electron chi connectivity index (χ2n) is 2.34. The van der Waals surface area contributed by atoms with Crippen LogP contribution in [0.4, 0.5) is 4.39 Å². The molecular weight excluding hydrogens is 193 g/mol. The normalized spacial score (nSPS) is 12.5. The second kappa shape index (κ2) is 4.34. The zero-order valence-electron chi connectivity index (χ0n) is 7.08. The van der Waals surface area contributed by atoms with Crippen LogP contribution < -0.4 is 0 Å². The predicted molar refractivity (Wildman–Crippen MR) is 48.6 cm³/mol. The molecule has 1 heterocycles. The van der Waals surface area contributed by atoms with Gasteiger partial charge >= 0.3 is 0 Å². The Hall–Kier alpha value is -0.940. The summed E-state index contributed by atoms with van der Waals surface area (Å²) in [6, 6.07) is 2.70. The molecule has 0 fully saturated rings. The first-order chi connectivity index (χ1) is 6.15. The zero-order valence-corrected chi connectivity index (χ0v) is 7.90. The molecule has 1 rings (SSSR count). The van der Waals surface area contributed by atoms with Gasteiger partial charge in [0.2, 0.25) is 5.90 Å². The lowest BCUT2D eigenvalue weighted by Gasteiger charge is -2.09. The lowest BCUT2D eigenvalue weighted by Crippen LogP contribution is -2.13. The number of hydrogen-bond donors (Lipinski definition) is 2. The van der Waals surface area contributed by atoms with Gasteiger partial charge in [0.1, 0.15) is 0 Å². The molecule has 1 aromatic rings. The van der Waals surface area contributed by atoms with Crippen molar-refractivity contribution in [2.24, 2.45) is 0 Å². The Morgan fingerprint density at radius 2 is 2.46 bits per heavy atom. The second-order valence-corrected chi connectivity index (χ2v) is 3.41. The molecule has 0 aliphatic carbocycles. The molecule has 0 aliphatic rings. The fourth-order valence-corrected chi connectivity index (χ4v) is 1.55. The van der Waals surface area contributed by atoms with E-state index < -0.39 is 6.10 Å². The van der Waals surface area contributed by atoms with Crippen molar-refractivity contribution in [3.8, 4) is 0 Å². The number of hydrogen-bond acceptors (Lipinski definition) is 4. The van der Waals surface area contributed by atoms with E-state index in [2.05, 4.69) is 0 Å². The first-order valence-electron chi connectivity index (χ1n) is 3.79. The highest BCUT2D eigenvalue weighted by Crippen LogP contribution is 2.22. The first kappa shape index (κ1) is 10.1. The van der Waals surface area contributed by atoms with Gasteiger partial charge in [-0.3, -0.25) is 5.41 Å². The highest BCUT2D eigenvalue weighted by atomic mass is 32.1. The van der Waals surface area contributed by atoms with Crippen LogP contribution in [-0.4, -0.2) is 17.6 Å². The van der Waals surface area contributed by atoms with E-state index in [4.69, 9.17) is 10.1 Å². The van der Waals surface area contributed by atoms with E-state index in [9.17, 15) is 9.50 Å². The van der Waals surface area contributed by atoms with Gasteiger partial charge in [-0.05, 0) is 19.1 Å². The van der Waals surface area contributed by atoms with Gasteiger partial charge in [0.05, 0.1) is 6.61 Å². The molecule has 0 aromatic carbocycles. The van der Waals surface area contributed by atoms with Crippen LogP contribution in [0.2, 0.25) is 0 Å². The number of nitrogens with one attached hydrogen (secondary N) is 1. The first-order valence-corrected chi connectivity index (χ1v) is 4.61. The van der Waals surface area contributed by atoms with E-state index in [0.717, 1.165) is 11.3 Å². The van der Waals surface area contributed by atoms with Crippen LogP contribution in [0.5, 0.6) is 0 Å². The van der Waals surface area contributed by atoms with Crippen LogP contribution in [0.3, 0.4) is 0 Å².